The van der Waals surface area contributed by atoms with Gasteiger partial charge in [-0.05, 0) is 12.8 Å². The summed E-state index contributed by atoms with van der Waals surface area (Å²) in [6, 6.07) is 3.75. The summed E-state index contributed by atoms with van der Waals surface area (Å²) in [5.74, 6) is -1.41. The lowest BCUT2D eigenvalue weighted by Crippen LogP contribution is -2.41. The Labute approximate surface area is 117 Å². The van der Waals surface area contributed by atoms with Crippen molar-refractivity contribution in [1.29, 1.82) is 10.5 Å². The summed E-state index contributed by atoms with van der Waals surface area (Å²) in [4.78, 5) is 1.69. The average Bonchev–Trinajstić information content (AvgIpc) is 2.74. The van der Waals surface area contributed by atoms with Crippen molar-refractivity contribution in [3.05, 3.63) is 10.4 Å². The Morgan fingerprint density at radius 1 is 1.30 bits per heavy atom. The Kier molecular flexibility index (Phi) is 3.78. The monoisotopic (exact) mass is 300 g/mol. The van der Waals surface area contributed by atoms with E-state index in [-0.39, 0.29) is 29.1 Å². The highest BCUT2D eigenvalue weighted by Gasteiger charge is 2.42. The molecule has 1 aromatic rings. The number of halogens is 3. The van der Waals surface area contributed by atoms with E-state index in [0.717, 1.165) is 11.3 Å². The van der Waals surface area contributed by atoms with Crippen LogP contribution >= 0.6 is 11.3 Å². The highest BCUT2D eigenvalue weighted by atomic mass is 32.1. The van der Waals surface area contributed by atoms with Crippen molar-refractivity contribution in [3.63, 3.8) is 0 Å². The molecule has 0 bridgehead atoms. The Morgan fingerprint density at radius 2 is 2.00 bits per heavy atom. The van der Waals surface area contributed by atoms with E-state index in [4.69, 9.17) is 16.3 Å². The zero-order valence-corrected chi connectivity index (χ0v) is 11.2. The molecule has 0 amide bonds. The summed E-state index contributed by atoms with van der Waals surface area (Å²) >= 11 is 0.980. The number of rotatable bonds is 1. The van der Waals surface area contributed by atoms with Crippen molar-refractivity contribution in [2.45, 2.75) is 19.0 Å². The van der Waals surface area contributed by atoms with Gasteiger partial charge in [0.15, 0.2) is 0 Å². The molecule has 0 radical (unpaired) electrons. The average molecular weight is 300 g/mol. The molecule has 1 aliphatic rings. The van der Waals surface area contributed by atoms with E-state index in [1.54, 1.807) is 0 Å². The SMILES string of the molecule is N#Cc1sc(N2CCCC(C(F)(F)F)C2)c(C#N)c1N. The highest BCUT2D eigenvalue weighted by molar-refractivity contribution is 7.17. The minimum atomic E-state index is -4.24. The van der Waals surface area contributed by atoms with Crippen LogP contribution < -0.4 is 10.6 Å². The molecule has 106 valence electrons. The van der Waals surface area contributed by atoms with E-state index in [1.807, 2.05) is 12.1 Å². The van der Waals surface area contributed by atoms with E-state index in [2.05, 4.69) is 0 Å². The Hall–Kier alpha value is -1.93. The van der Waals surface area contributed by atoms with Gasteiger partial charge in [-0.3, -0.25) is 0 Å². The van der Waals surface area contributed by atoms with Gasteiger partial charge in [0.25, 0.3) is 0 Å². The predicted molar refractivity (Wildman–Crippen MR) is 69.2 cm³/mol. The van der Waals surface area contributed by atoms with Gasteiger partial charge in [-0.2, -0.15) is 23.7 Å². The minimum Gasteiger partial charge on any atom is -0.396 e. The number of nitriles is 2. The van der Waals surface area contributed by atoms with Gasteiger partial charge in [-0.1, -0.05) is 0 Å². The predicted octanol–water partition coefficient (Wildman–Crippen LogP) is 2.85. The molecule has 2 rings (SSSR count). The summed E-state index contributed by atoms with van der Waals surface area (Å²) in [5.41, 5.74) is 5.83. The van der Waals surface area contributed by atoms with Gasteiger partial charge in [0.1, 0.15) is 27.6 Å². The summed E-state index contributed by atoms with van der Waals surface area (Å²) in [7, 11) is 0. The molecule has 1 atom stereocenters. The van der Waals surface area contributed by atoms with E-state index in [1.165, 1.54) is 4.90 Å². The highest BCUT2D eigenvalue weighted by Crippen LogP contribution is 2.41. The smallest absolute Gasteiger partial charge is 0.393 e. The van der Waals surface area contributed by atoms with Crippen LogP contribution in [0.5, 0.6) is 0 Å². The van der Waals surface area contributed by atoms with Gasteiger partial charge in [0, 0.05) is 13.1 Å². The minimum absolute atomic E-state index is 0.0594. The van der Waals surface area contributed by atoms with Crippen LogP contribution in [0.3, 0.4) is 0 Å². The molecule has 0 saturated carbocycles. The lowest BCUT2D eigenvalue weighted by atomic mass is 9.97. The fraction of sp³-hybridized carbons (Fsp3) is 0.500. The van der Waals surface area contributed by atoms with Crippen LogP contribution in [0.4, 0.5) is 23.9 Å². The number of nitrogens with zero attached hydrogens (tertiary/aromatic N) is 3. The Morgan fingerprint density at radius 3 is 2.55 bits per heavy atom. The summed E-state index contributed by atoms with van der Waals surface area (Å²) < 4.78 is 38.4. The number of anilines is 2. The molecule has 4 nitrogen and oxygen atoms in total. The number of hydrogen-bond donors (Lipinski definition) is 1. The standard InChI is InChI=1S/C12H11F3N4S/c13-12(14,15)7-2-1-3-19(6-7)11-8(4-16)10(18)9(5-17)20-11/h7H,1-3,6,18H2. The fourth-order valence-electron chi connectivity index (χ4n) is 2.27. The molecule has 1 aromatic heterocycles. The molecule has 8 heteroatoms. The molecule has 0 spiro atoms. The zero-order valence-electron chi connectivity index (χ0n) is 10.4. The molecular formula is C12H11F3N4S. The lowest BCUT2D eigenvalue weighted by Gasteiger charge is -2.34. The first-order valence-electron chi connectivity index (χ1n) is 5.92. The molecule has 2 N–H and O–H groups in total. The van der Waals surface area contributed by atoms with Crippen molar-refractivity contribution < 1.29 is 13.2 Å². The second kappa shape index (κ2) is 5.22. The van der Waals surface area contributed by atoms with E-state index in [9.17, 15) is 13.2 Å². The number of nitrogens with two attached hydrogens (primary N) is 1. The topological polar surface area (TPSA) is 76.8 Å². The van der Waals surface area contributed by atoms with Gasteiger partial charge < -0.3 is 10.6 Å². The van der Waals surface area contributed by atoms with Crippen LogP contribution in [0.15, 0.2) is 0 Å². The van der Waals surface area contributed by atoms with Crippen molar-refractivity contribution in [2.75, 3.05) is 23.7 Å². The molecule has 1 aliphatic heterocycles. The maximum absolute atomic E-state index is 12.8. The lowest BCUT2D eigenvalue weighted by molar-refractivity contribution is -0.175. The number of hydrogen-bond acceptors (Lipinski definition) is 5. The van der Waals surface area contributed by atoms with E-state index >= 15 is 0 Å². The number of nitrogen functional groups attached to an aromatic ring is 1. The molecule has 1 unspecified atom stereocenters. The van der Waals surface area contributed by atoms with Gasteiger partial charge in [0.05, 0.1) is 11.6 Å². The van der Waals surface area contributed by atoms with Crippen LogP contribution in [0.25, 0.3) is 0 Å². The van der Waals surface area contributed by atoms with Gasteiger partial charge in [0.2, 0.25) is 0 Å². The summed E-state index contributed by atoms with van der Waals surface area (Å²) in [6.45, 7) is 0.245. The number of thiophene rings is 1. The second-order valence-corrected chi connectivity index (χ2v) is 5.57. The quantitative estimate of drug-likeness (QED) is 0.865. The molecule has 1 saturated heterocycles. The van der Waals surface area contributed by atoms with Crippen LogP contribution in [-0.2, 0) is 0 Å². The molecule has 0 aliphatic carbocycles. The third-order valence-corrected chi connectivity index (χ3v) is 4.48. The fourth-order valence-corrected chi connectivity index (χ4v) is 3.28. The molecule has 2 heterocycles. The normalized spacial score (nSPS) is 19.4. The molecule has 1 fully saturated rings. The maximum atomic E-state index is 12.8. The van der Waals surface area contributed by atoms with E-state index < -0.39 is 12.1 Å². The number of piperidine rings is 1. The van der Waals surface area contributed by atoms with Crippen molar-refractivity contribution in [1.82, 2.24) is 0 Å². The van der Waals surface area contributed by atoms with Crippen LogP contribution in [-0.4, -0.2) is 19.3 Å². The molecule has 0 aromatic carbocycles. The molecule has 20 heavy (non-hydrogen) atoms. The Bertz CT molecular complexity index is 594. The summed E-state index contributed by atoms with van der Waals surface area (Å²) in [6.07, 6.45) is -3.76. The van der Waals surface area contributed by atoms with Crippen molar-refractivity contribution in [3.8, 4) is 12.1 Å². The van der Waals surface area contributed by atoms with Crippen molar-refractivity contribution in [2.24, 2.45) is 5.92 Å². The van der Waals surface area contributed by atoms with Crippen LogP contribution in [0.1, 0.15) is 23.3 Å². The van der Waals surface area contributed by atoms with Gasteiger partial charge in [-0.25, -0.2) is 0 Å². The van der Waals surface area contributed by atoms with Crippen LogP contribution in [0, 0.1) is 28.6 Å². The first kappa shape index (κ1) is 14.5. The van der Waals surface area contributed by atoms with Crippen molar-refractivity contribution >= 4 is 22.0 Å². The first-order valence-corrected chi connectivity index (χ1v) is 6.74. The van der Waals surface area contributed by atoms with Crippen LogP contribution in [0.2, 0.25) is 0 Å². The third kappa shape index (κ3) is 2.52. The van der Waals surface area contributed by atoms with Gasteiger partial charge in [-0.15, -0.1) is 11.3 Å². The second-order valence-electron chi connectivity index (χ2n) is 4.58. The zero-order chi connectivity index (χ0) is 14.9. The Balaban J connectivity index is 2.33. The molecular weight excluding hydrogens is 289 g/mol. The van der Waals surface area contributed by atoms with E-state index in [0.29, 0.717) is 18.0 Å². The number of alkyl halides is 3. The first-order chi connectivity index (χ1) is 9.38. The third-order valence-electron chi connectivity index (χ3n) is 3.31. The maximum Gasteiger partial charge on any atom is 0.393 e. The largest absolute Gasteiger partial charge is 0.396 e. The van der Waals surface area contributed by atoms with Gasteiger partial charge >= 0.3 is 6.18 Å². The summed E-state index contributed by atoms with van der Waals surface area (Å²) in [5, 5.41) is 18.4.